The maximum atomic E-state index is 9.17. The minimum Gasteiger partial charge on any atom is -0.508 e. The molecule has 2 rings (SSSR count). The molecule has 2 aromatic rings. The Morgan fingerprint density at radius 3 is 2.00 bits per heavy atom. The third kappa shape index (κ3) is 4.47. The van der Waals surface area contributed by atoms with Gasteiger partial charge >= 0.3 is 0 Å². The Labute approximate surface area is 101 Å². The first-order valence-electron chi connectivity index (χ1n) is 5.21. The molecule has 0 aliphatic rings. The highest BCUT2D eigenvalue weighted by Gasteiger charge is 1.97. The van der Waals surface area contributed by atoms with E-state index in [0.29, 0.717) is 11.5 Å². The molecule has 0 saturated heterocycles. The molecule has 0 saturated carbocycles. The van der Waals surface area contributed by atoms with Crippen LogP contribution in [0.5, 0.6) is 17.2 Å². The molecular formula is C14H16O3. The lowest BCUT2D eigenvalue weighted by Gasteiger charge is -2.01. The number of aryl methyl sites for hydroxylation is 1. The van der Waals surface area contributed by atoms with Gasteiger partial charge in [-0.05, 0) is 36.8 Å². The monoisotopic (exact) mass is 232 g/mol. The molecule has 2 aromatic carbocycles. The third-order valence-corrected chi connectivity index (χ3v) is 2.09. The van der Waals surface area contributed by atoms with Gasteiger partial charge in [0, 0.05) is 0 Å². The maximum absolute atomic E-state index is 9.17. The molecule has 0 fully saturated rings. The average Bonchev–Trinajstić information content (AvgIpc) is 2.31. The van der Waals surface area contributed by atoms with Crippen LogP contribution < -0.4 is 4.74 Å². The predicted molar refractivity (Wildman–Crippen MR) is 67.5 cm³/mol. The largest absolute Gasteiger partial charge is 0.508 e. The van der Waals surface area contributed by atoms with Crippen LogP contribution in [0.4, 0.5) is 0 Å². The number of rotatable bonds is 1. The normalized spacial score (nSPS) is 9.06. The number of aromatic hydroxyl groups is 2. The van der Waals surface area contributed by atoms with Crippen molar-refractivity contribution >= 4 is 0 Å². The molecule has 0 spiro atoms. The van der Waals surface area contributed by atoms with Crippen LogP contribution >= 0.6 is 0 Å². The molecule has 0 amide bonds. The van der Waals surface area contributed by atoms with E-state index in [1.165, 1.54) is 7.11 Å². The zero-order valence-electron chi connectivity index (χ0n) is 9.92. The molecular weight excluding hydrogens is 216 g/mol. The summed E-state index contributed by atoms with van der Waals surface area (Å²) in [6.45, 7) is 1.92. The van der Waals surface area contributed by atoms with Gasteiger partial charge in [-0.3, -0.25) is 0 Å². The minimum atomic E-state index is 0.197. The molecule has 0 aromatic heterocycles. The van der Waals surface area contributed by atoms with Crippen LogP contribution in [0.3, 0.4) is 0 Å². The molecule has 3 nitrogen and oxygen atoms in total. The van der Waals surface area contributed by atoms with E-state index in [0.717, 1.165) is 5.56 Å². The summed E-state index contributed by atoms with van der Waals surface area (Å²) in [4.78, 5) is 0. The highest BCUT2D eigenvalue weighted by molar-refractivity contribution is 5.41. The van der Waals surface area contributed by atoms with Gasteiger partial charge in [-0.2, -0.15) is 0 Å². The highest BCUT2D eigenvalue weighted by Crippen LogP contribution is 2.25. The second kappa shape index (κ2) is 6.43. The molecule has 0 heterocycles. The predicted octanol–water partition coefficient (Wildman–Crippen LogP) is 3.10. The molecule has 3 heteroatoms. The van der Waals surface area contributed by atoms with Gasteiger partial charge in [-0.1, -0.05) is 24.3 Å². The van der Waals surface area contributed by atoms with Crippen molar-refractivity contribution in [2.24, 2.45) is 0 Å². The first kappa shape index (κ1) is 12.9. The topological polar surface area (TPSA) is 49.7 Å². The fourth-order valence-corrected chi connectivity index (χ4v) is 1.23. The lowest BCUT2D eigenvalue weighted by molar-refractivity contribution is 0.373. The zero-order valence-corrected chi connectivity index (χ0v) is 9.92. The van der Waals surface area contributed by atoms with Crippen molar-refractivity contribution in [3.8, 4) is 17.2 Å². The quantitative estimate of drug-likeness (QED) is 0.794. The van der Waals surface area contributed by atoms with Crippen LogP contribution in [0, 0.1) is 6.92 Å². The van der Waals surface area contributed by atoms with Crippen molar-refractivity contribution < 1.29 is 14.9 Å². The number of methoxy groups -OCH3 is 1. The number of hydrogen-bond donors (Lipinski definition) is 2. The summed E-state index contributed by atoms with van der Waals surface area (Å²) in [5.41, 5.74) is 1.03. The average molecular weight is 232 g/mol. The van der Waals surface area contributed by atoms with Gasteiger partial charge in [0.2, 0.25) is 0 Å². The third-order valence-electron chi connectivity index (χ3n) is 2.09. The Balaban J connectivity index is 0.000000181. The van der Waals surface area contributed by atoms with Gasteiger partial charge in [0.25, 0.3) is 0 Å². The molecule has 90 valence electrons. The van der Waals surface area contributed by atoms with E-state index >= 15 is 0 Å². The lowest BCUT2D eigenvalue weighted by atomic mass is 10.2. The highest BCUT2D eigenvalue weighted by atomic mass is 16.5. The van der Waals surface area contributed by atoms with E-state index in [1.807, 2.05) is 19.1 Å². The fourth-order valence-electron chi connectivity index (χ4n) is 1.23. The van der Waals surface area contributed by atoms with E-state index < -0.39 is 0 Å². The van der Waals surface area contributed by atoms with E-state index in [2.05, 4.69) is 0 Å². The molecule has 0 unspecified atom stereocenters. The standard InChI is InChI=1S/C8H10O2.C6H6O/c1-6-3-4-8(10-2)7(9)5-6;7-6-4-2-1-3-5-6/h3-5,9H,1-2H3;1-5,7H. The van der Waals surface area contributed by atoms with Gasteiger partial charge in [-0.15, -0.1) is 0 Å². The number of para-hydroxylation sites is 1. The van der Waals surface area contributed by atoms with Crippen molar-refractivity contribution in [1.82, 2.24) is 0 Å². The Kier molecular flexibility index (Phi) is 4.88. The summed E-state index contributed by atoms with van der Waals surface area (Å²) in [5, 5.41) is 17.8. The Hall–Kier alpha value is -2.16. The Bertz CT molecular complexity index is 452. The van der Waals surface area contributed by atoms with Crippen molar-refractivity contribution in [2.45, 2.75) is 6.92 Å². The molecule has 0 aliphatic heterocycles. The SMILES string of the molecule is COc1ccc(C)cc1O.Oc1ccccc1. The van der Waals surface area contributed by atoms with Gasteiger partial charge in [0.05, 0.1) is 7.11 Å². The van der Waals surface area contributed by atoms with Gasteiger partial charge < -0.3 is 14.9 Å². The number of phenolic OH excluding ortho intramolecular Hbond substituents is 2. The smallest absolute Gasteiger partial charge is 0.160 e. The summed E-state index contributed by atoms with van der Waals surface area (Å²) < 4.78 is 4.85. The summed E-state index contributed by atoms with van der Waals surface area (Å²) in [6.07, 6.45) is 0. The fraction of sp³-hybridized carbons (Fsp3) is 0.143. The van der Waals surface area contributed by atoms with Crippen LogP contribution in [-0.2, 0) is 0 Å². The number of ether oxygens (including phenoxy) is 1. The summed E-state index contributed by atoms with van der Waals surface area (Å²) >= 11 is 0. The van der Waals surface area contributed by atoms with Crippen molar-refractivity contribution in [1.29, 1.82) is 0 Å². The Morgan fingerprint density at radius 2 is 1.59 bits per heavy atom. The van der Waals surface area contributed by atoms with Gasteiger partial charge in [0.15, 0.2) is 11.5 Å². The summed E-state index contributed by atoms with van der Waals surface area (Å²) in [5.74, 6) is 1.04. The second-order valence-electron chi connectivity index (χ2n) is 3.51. The first-order chi connectivity index (χ1) is 8.13. The molecule has 2 N–H and O–H groups in total. The lowest BCUT2D eigenvalue weighted by Crippen LogP contribution is -1.82. The van der Waals surface area contributed by atoms with E-state index in [1.54, 1.807) is 36.4 Å². The van der Waals surface area contributed by atoms with Crippen LogP contribution in [0.2, 0.25) is 0 Å². The van der Waals surface area contributed by atoms with Crippen LogP contribution in [-0.4, -0.2) is 17.3 Å². The van der Waals surface area contributed by atoms with Crippen molar-refractivity contribution in [3.05, 3.63) is 54.1 Å². The van der Waals surface area contributed by atoms with Crippen LogP contribution in [0.1, 0.15) is 5.56 Å². The molecule has 0 radical (unpaired) electrons. The summed E-state index contributed by atoms with van der Waals surface area (Å²) in [7, 11) is 1.53. The van der Waals surface area contributed by atoms with Gasteiger partial charge in [0.1, 0.15) is 5.75 Å². The number of phenols is 2. The second-order valence-corrected chi connectivity index (χ2v) is 3.51. The zero-order chi connectivity index (χ0) is 12.7. The van der Waals surface area contributed by atoms with Crippen LogP contribution in [0.25, 0.3) is 0 Å². The molecule has 0 bridgehead atoms. The molecule has 17 heavy (non-hydrogen) atoms. The summed E-state index contributed by atoms with van der Waals surface area (Å²) in [6, 6.07) is 14.0. The minimum absolute atomic E-state index is 0.197. The first-order valence-corrected chi connectivity index (χ1v) is 5.21. The van der Waals surface area contributed by atoms with Gasteiger partial charge in [-0.25, -0.2) is 0 Å². The van der Waals surface area contributed by atoms with E-state index in [4.69, 9.17) is 14.9 Å². The van der Waals surface area contributed by atoms with Crippen molar-refractivity contribution in [2.75, 3.05) is 7.11 Å². The van der Waals surface area contributed by atoms with Crippen LogP contribution in [0.15, 0.2) is 48.5 Å². The van der Waals surface area contributed by atoms with Crippen molar-refractivity contribution in [3.63, 3.8) is 0 Å². The number of benzene rings is 2. The van der Waals surface area contributed by atoms with E-state index in [-0.39, 0.29) is 5.75 Å². The number of hydrogen-bond acceptors (Lipinski definition) is 3. The molecule has 0 atom stereocenters. The Morgan fingerprint density at radius 1 is 0.941 bits per heavy atom. The van der Waals surface area contributed by atoms with E-state index in [9.17, 15) is 0 Å². The molecule has 0 aliphatic carbocycles. The maximum Gasteiger partial charge on any atom is 0.160 e.